The third-order valence-corrected chi connectivity index (χ3v) is 3.38. The molecule has 90 valence electrons. The fourth-order valence-corrected chi connectivity index (χ4v) is 2.35. The number of hydrogen-bond acceptors (Lipinski definition) is 4. The van der Waals surface area contributed by atoms with Gasteiger partial charge in [0.15, 0.2) is 0 Å². The van der Waals surface area contributed by atoms with Crippen LogP contribution < -0.4 is 5.73 Å². The molecule has 0 bridgehead atoms. The molecule has 1 aromatic carbocycles. The molecule has 0 aliphatic rings. The van der Waals surface area contributed by atoms with E-state index in [0.29, 0.717) is 11.3 Å². The zero-order chi connectivity index (χ0) is 12.5. The minimum absolute atomic E-state index is 0.268. The highest BCUT2D eigenvalue weighted by Gasteiger charge is 2.15. The van der Waals surface area contributed by atoms with E-state index in [1.165, 1.54) is 0 Å². The Bertz CT molecular complexity index is 471. The number of aryl methyl sites for hydroxylation is 2. The fourth-order valence-electron chi connectivity index (χ4n) is 1.58. The normalized spacial score (nSPS) is 13.8. The van der Waals surface area contributed by atoms with E-state index < -0.39 is 15.9 Å². The summed E-state index contributed by atoms with van der Waals surface area (Å²) in [7, 11) is -3.19. The second-order valence-corrected chi connectivity index (χ2v) is 6.36. The maximum Gasteiger partial charge on any atom is 0.150 e. The second-order valence-electron chi connectivity index (χ2n) is 4.18. The standard InChI is InChI=1S/C11H17NO3S/c1-7-4-9(5-8(2)11(7)12)10(13)6-16(3,14)15/h4-5,10,13H,6,12H2,1-3H3. The lowest BCUT2D eigenvalue weighted by Gasteiger charge is -2.13. The van der Waals surface area contributed by atoms with Crippen molar-refractivity contribution in [3.8, 4) is 0 Å². The van der Waals surface area contributed by atoms with Gasteiger partial charge in [0.05, 0.1) is 11.9 Å². The average Bonchev–Trinajstić information content (AvgIpc) is 2.10. The Labute approximate surface area is 96.0 Å². The van der Waals surface area contributed by atoms with Gasteiger partial charge in [-0.2, -0.15) is 0 Å². The molecule has 16 heavy (non-hydrogen) atoms. The highest BCUT2D eigenvalue weighted by Crippen LogP contribution is 2.23. The van der Waals surface area contributed by atoms with Gasteiger partial charge in [-0.05, 0) is 30.5 Å². The highest BCUT2D eigenvalue weighted by molar-refractivity contribution is 7.90. The van der Waals surface area contributed by atoms with Gasteiger partial charge in [-0.25, -0.2) is 8.42 Å². The first-order valence-corrected chi connectivity index (χ1v) is 6.99. The van der Waals surface area contributed by atoms with Crippen molar-refractivity contribution in [2.45, 2.75) is 20.0 Å². The van der Waals surface area contributed by atoms with Crippen molar-refractivity contribution in [3.05, 3.63) is 28.8 Å². The van der Waals surface area contributed by atoms with Crippen LogP contribution in [0.1, 0.15) is 22.8 Å². The van der Waals surface area contributed by atoms with E-state index in [9.17, 15) is 13.5 Å². The van der Waals surface area contributed by atoms with Crippen LogP contribution in [0.4, 0.5) is 5.69 Å². The number of sulfone groups is 1. The molecule has 0 aliphatic carbocycles. The molecule has 4 nitrogen and oxygen atoms in total. The summed E-state index contributed by atoms with van der Waals surface area (Å²) in [6.07, 6.45) is 0.112. The van der Waals surface area contributed by atoms with Crippen molar-refractivity contribution in [1.29, 1.82) is 0 Å². The summed E-state index contributed by atoms with van der Waals surface area (Å²) >= 11 is 0. The lowest BCUT2D eigenvalue weighted by Crippen LogP contribution is -2.13. The molecule has 0 heterocycles. The van der Waals surface area contributed by atoms with Gasteiger partial charge in [-0.1, -0.05) is 12.1 Å². The van der Waals surface area contributed by atoms with Crippen LogP contribution in [0.25, 0.3) is 0 Å². The SMILES string of the molecule is Cc1cc(C(O)CS(C)(=O)=O)cc(C)c1N. The number of nitrogens with two attached hydrogens (primary N) is 1. The minimum Gasteiger partial charge on any atom is -0.398 e. The summed E-state index contributed by atoms with van der Waals surface area (Å²) in [5, 5.41) is 9.78. The van der Waals surface area contributed by atoms with E-state index in [4.69, 9.17) is 5.73 Å². The van der Waals surface area contributed by atoms with E-state index in [0.717, 1.165) is 17.4 Å². The van der Waals surface area contributed by atoms with Gasteiger partial charge >= 0.3 is 0 Å². The molecule has 0 aromatic heterocycles. The fraction of sp³-hybridized carbons (Fsp3) is 0.455. The van der Waals surface area contributed by atoms with Gasteiger partial charge < -0.3 is 10.8 Å². The largest absolute Gasteiger partial charge is 0.398 e. The molecule has 0 saturated carbocycles. The Morgan fingerprint density at radius 1 is 1.31 bits per heavy atom. The topological polar surface area (TPSA) is 80.4 Å². The summed E-state index contributed by atoms with van der Waals surface area (Å²) in [6, 6.07) is 3.44. The Morgan fingerprint density at radius 3 is 2.12 bits per heavy atom. The third-order valence-electron chi connectivity index (χ3n) is 2.46. The van der Waals surface area contributed by atoms with Crippen molar-refractivity contribution in [1.82, 2.24) is 0 Å². The average molecular weight is 243 g/mol. The van der Waals surface area contributed by atoms with Crippen LogP contribution in [-0.4, -0.2) is 25.5 Å². The van der Waals surface area contributed by atoms with Gasteiger partial charge in [0.25, 0.3) is 0 Å². The van der Waals surface area contributed by atoms with E-state index in [-0.39, 0.29) is 5.75 Å². The number of aliphatic hydroxyl groups is 1. The zero-order valence-electron chi connectivity index (χ0n) is 9.69. The molecule has 0 fully saturated rings. The molecule has 0 radical (unpaired) electrons. The first-order valence-electron chi connectivity index (χ1n) is 4.93. The van der Waals surface area contributed by atoms with Gasteiger partial charge in [0, 0.05) is 11.9 Å². The van der Waals surface area contributed by atoms with Crippen LogP contribution >= 0.6 is 0 Å². The molecule has 0 saturated heterocycles. The Hall–Kier alpha value is -1.07. The number of hydrogen-bond donors (Lipinski definition) is 2. The molecule has 0 amide bonds. The Balaban J connectivity index is 3.06. The van der Waals surface area contributed by atoms with E-state index in [1.54, 1.807) is 12.1 Å². The van der Waals surface area contributed by atoms with E-state index in [2.05, 4.69) is 0 Å². The predicted molar refractivity (Wildman–Crippen MR) is 65.0 cm³/mol. The summed E-state index contributed by atoms with van der Waals surface area (Å²) in [4.78, 5) is 0. The summed E-state index contributed by atoms with van der Waals surface area (Å²) < 4.78 is 22.1. The molecule has 1 unspecified atom stereocenters. The Kier molecular flexibility index (Phi) is 3.60. The predicted octanol–water partition coefficient (Wildman–Crippen LogP) is 0.964. The van der Waals surface area contributed by atoms with Crippen molar-refractivity contribution in [2.24, 2.45) is 0 Å². The first kappa shape index (κ1) is 13.0. The molecule has 1 atom stereocenters. The monoisotopic (exact) mass is 243 g/mol. The van der Waals surface area contributed by atoms with Crippen LogP contribution in [0.15, 0.2) is 12.1 Å². The van der Waals surface area contributed by atoms with Crippen LogP contribution in [-0.2, 0) is 9.84 Å². The van der Waals surface area contributed by atoms with Crippen LogP contribution in [0, 0.1) is 13.8 Å². The summed E-state index contributed by atoms with van der Waals surface area (Å²) in [5.41, 5.74) is 8.75. The number of rotatable bonds is 3. The molecular formula is C11H17NO3S. The van der Waals surface area contributed by atoms with Crippen LogP contribution in [0.3, 0.4) is 0 Å². The van der Waals surface area contributed by atoms with E-state index in [1.807, 2.05) is 13.8 Å². The van der Waals surface area contributed by atoms with Crippen molar-refractivity contribution in [3.63, 3.8) is 0 Å². The maximum atomic E-state index is 11.1. The number of nitrogen functional groups attached to an aromatic ring is 1. The van der Waals surface area contributed by atoms with Gasteiger partial charge in [0.2, 0.25) is 0 Å². The lowest BCUT2D eigenvalue weighted by atomic mass is 10.0. The first-order chi connectivity index (χ1) is 7.20. The van der Waals surface area contributed by atoms with Crippen molar-refractivity contribution >= 4 is 15.5 Å². The summed E-state index contributed by atoms with van der Waals surface area (Å²) in [5.74, 6) is -0.268. The lowest BCUT2D eigenvalue weighted by molar-refractivity contribution is 0.201. The third kappa shape index (κ3) is 3.21. The molecular weight excluding hydrogens is 226 g/mol. The quantitative estimate of drug-likeness (QED) is 0.775. The highest BCUT2D eigenvalue weighted by atomic mass is 32.2. The van der Waals surface area contributed by atoms with Crippen LogP contribution in [0.2, 0.25) is 0 Å². The minimum atomic E-state index is -3.19. The molecule has 3 N–H and O–H groups in total. The summed E-state index contributed by atoms with van der Waals surface area (Å²) in [6.45, 7) is 3.66. The molecule has 0 spiro atoms. The number of benzene rings is 1. The van der Waals surface area contributed by atoms with Gasteiger partial charge in [0.1, 0.15) is 9.84 Å². The molecule has 1 rings (SSSR count). The van der Waals surface area contributed by atoms with Crippen molar-refractivity contribution in [2.75, 3.05) is 17.7 Å². The van der Waals surface area contributed by atoms with Crippen LogP contribution in [0.5, 0.6) is 0 Å². The maximum absolute atomic E-state index is 11.1. The van der Waals surface area contributed by atoms with Gasteiger partial charge in [-0.3, -0.25) is 0 Å². The zero-order valence-corrected chi connectivity index (χ0v) is 10.5. The van der Waals surface area contributed by atoms with Gasteiger partial charge in [-0.15, -0.1) is 0 Å². The van der Waals surface area contributed by atoms with E-state index >= 15 is 0 Å². The second kappa shape index (κ2) is 4.43. The molecule has 1 aromatic rings. The van der Waals surface area contributed by atoms with Crippen molar-refractivity contribution < 1.29 is 13.5 Å². The number of aliphatic hydroxyl groups excluding tert-OH is 1. The Morgan fingerprint density at radius 2 is 1.75 bits per heavy atom. The number of anilines is 1. The molecule has 5 heteroatoms. The smallest absolute Gasteiger partial charge is 0.150 e. The molecule has 0 aliphatic heterocycles.